The van der Waals surface area contributed by atoms with E-state index in [1.54, 1.807) is 24.5 Å². The standard InChI is InChI=1S/C19H22N6O4/c1-13-21-17(25-5-9-27-10-6-25)12-18(22-13)29-8-4-20-19(26)15-11-14(23-24-15)16-3-2-7-28-16/h2-3,7,11-12H,4-6,8-10H2,1H3,(H,20,26)(H,23,24). The second-order valence-corrected chi connectivity index (χ2v) is 6.46. The molecule has 1 aliphatic rings. The number of morpholine rings is 1. The third-order valence-electron chi connectivity index (χ3n) is 4.37. The monoisotopic (exact) mass is 398 g/mol. The largest absolute Gasteiger partial charge is 0.476 e. The summed E-state index contributed by atoms with van der Waals surface area (Å²) in [6, 6.07) is 7.01. The number of amides is 1. The topological polar surface area (TPSA) is 118 Å². The molecule has 1 saturated heterocycles. The maximum Gasteiger partial charge on any atom is 0.271 e. The lowest BCUT2D eigenvalue weighted by molar-refractivity contribution is 0.0941. The van der Waals surface area contributed by atoms with Crippen LogP contribution < -0.4 is 15.0 Å². The molecule has 0 bridgehead atoms. The summed E-state index contributed by atoms with van der Waals surface area (Å²) in [7, 11) is 0. The van der Waals surface area contributed by atoms with E-state index in [1.165, 1.54) is 0 Å². The van der Waals surface area contributed by atoms with Crippen molar-refractivity contribution in [3.63, 3.8) is 0 Å². The van der Waals surface area contributed by atoms with Gasteiger partial charge in [-0.05, 0) is 19.1 Å². The van der Waals surface area contributed by atoms with Gasteiger partial charge in [-0.2, -0.15) is 10.1 Å². The van der Waals surface area contributed by atoms with E-state index in [2.05, 4.69) is 30.4 Å². The minimum Gasteiger partial charge on any atom is -0.476 e. The van der Waals surface area contributed by atoms with E-state index in [0.717, 1.165) is 18.9 Å². The van der Waals surface area contributed by atoms with Crippen molar-refractivity contribution in [1.29, 1.82) is 0 Å². The highest BCUT2D eigenvalue weighted by atomic mass is 16.5. The van der Waals surface area contributed by atoms with Gasteiger partial charge >= 0.3 is 0 Å². The molecule has 0 radical (unpaired) electrons. The van der Waals surface area contributed by atoms with E-state index < -0.39 is 0 Å². The molecule has 1 amide bonds. The summed E-state index contributed by atoms with van der Waals surface area (Å²) >= 11 is 0. The normalized spacial score (nSPS) is 14.0. The molecule has 0 aromatic carbocycles. The summed E-state index contributed by atoms with van der Waals surface area (Å²) in [5.41, 5.74) is 0.924. The van der Waals surface area contributed by atoms with Crippen molar-refractivity contribution in [3.8, 4) is 17.3 Å². The fraction of sp³-hybridized carbons (Fsp3) is 0.368. The quantitative estimate of drug-likeness (QED) is 0.574. The lowest BCUT2D eigenvalue weighted by Crippen LogP contribution is -2.37. The van der Waals surface area contributed by atoms with E-state index in [4.69, 9.17) is 13.9 Å². The first-order valence-electron chi connectivity index (χ1n) is 9.38. The molecule has 29 heavy (non-hydrogen) atoms. The van der Waals surface area contributed by atoms with Crippen LogP contribution in [-0.4, -0.2) is 65.5 Å². The van der Waals surface area contributed by atoms with Crippen molar-refractivity contribution in [1.82, 2.24) is 25.5 Å². The molecule has 1 aliphatic heterocycles. The third kappa shape index (κ3) is 4.72. The fourth-order valence-corrected chi connectivity index (χ4v) is 2.96. The molecule has 3 aromatic heterocycles. The molecule has 2 N–H and O–H groups in total. The van der Waals surface area contributed by atoms with Crippen molar-refractivity contribution in [2.45, 2.75) is 6.92 Å². The van der Waals surface area contributed by atoms with Crippen LogP contribution in [0.15, 0.2) is 34.9 Å². The zero-order valence-corrected chi connectivity index (χ0v) is 16.1. The molecule has 0 saturated carbocycles. The Hall–Kier alpha value is -3.40. The number of furan rings is 1. The first-order valence-corrected chi connectivity index (χ1v) is 9.38. The Labute approximate surface area is 167 Å². The molecule has 4 heterocycles. The molecular weight excluding hydrogens is 376 g/mol. The highest BCUT2D eigenvalue weighted by molar-refractivity contribution is 5.93. The lowest BCUT2D eigenvalue weighted by Gasteiger charge is -2.28. The minimum atomic E-state index is -0.296. The van der Waals surface area contributed by atoms with Crippen LogP contribution in [0.5, 0.6) is 5.88 Å². The Morgan fingerprint density at radius 3 is 2.97 bits per heavy atom. The van der Waals surface area contributed by atoms with Gasteiger partial charge in [0.05, 0.1) is 26.0 Å². The number of H-pyrrole nitrogens is 1. The van der Waals surface area contributed by atoms with Crippen LogP contribution in [0.2, 0.25) is 0 Å². The average Bonchev–Trinajstić information content (AvgIpc) is 3.43. The van der Waals surface area contributed by atoms with Crippen LogP contribution in [0.25, 0.3) is 11.5 Å². The maximum atomic E-state index is 12.2. The number of hydrogen-bond acceptors (Lipinski definition) is 8. The second kappa shape index (κ2) is 8.74. The summed E-state index contributed by atoms with van der Waals surface area (Å²) < 4.78 is 16.4. The number of nitrogens with one attached hydrogen (secondary N) is 2. The summed E-state index contributed by atoms with van der Waals surface area (Å²) in [6.45, 7) is 5.36. The molecule has 10 heteroatoms. The SMILES string of the molecule is Cc1nc(OCCNC(=O)c2cc(-c3ccco3)[nH]n2)cc(N2CCOCC2)n1. The molecular formula is C19H22N6O4. The van der Waals surface area contributed by atoms with Crippen LogP contribution in [0.1, 0.15) is 16.3 Å². The number of carbonyl (C=O) groups excluding carboxylic acids is 1. The first-order chi connectivity index (χ1) is 14.2. The Morgan fingerprint density at radius 1 is 1.31 bits per heavy atom. The Balaban J connectivity index is 1.28. The molecule has 1 fully saturated rings. The Kier molecular flexibility index (Phi) is 5.71. The zero-order valence-electron chi connectivity index (χ0n) is 16.1. The van der Waals surface area contributed by atoms with Crippen LogP contribution in [-0.2, 0) is 4.74 Å². The second-order valence-electron chi connectivity index (χ2n) is 6.46. The van der Waals surface area contributed by atoms with Crippen molar-refractivity contribution in [2.75, 3.05) is 44.4 Å². The van der Waals surface area contributed by atoms with Gasteiger partial charge in [0.15, 0.2) is 11.5 Å². The minimum absolute atomic E-state index is 0.278. The van der Waals surface area contributed by atoms with E-state index in [1.807, 2.05) is 13.0 Å². The van der Waals surface area contributed by atoms with Crippen LogP contribution in [0, 0.1) is 6.92 Å². The molecule has 10 nitrogen and oxygen atoms in total. The van der Waals surface area contributed by atoms with Crippen LogP contribution >= 0.6 is 0 Å². The molecule has 0 unspecified atom stereocenters. The van der Waals surface area contributed by atoms with Gasteiger partial charge in [-0.15, -0.1) is 0 Å². The molecule has 152 valence electrons. The van der Waals surface area contributed by atoms with Crippen LogP contribution in [0.4, 0.5) is 5.82 Å². The summed E-state index contributed by atoms with van der Waals surface area (Å²) in [5.74, 6) is 2.26. The van der Waals surface area contributed by atoms with Crippen molar-refractivity contribution in [2.24, 2.45) is 0 Å². The number of aromatic amines is 1. The number of aromatic nitrogens is 4. The summed E-state index contributed by atoms with van der Waals surface area (Å²) in [6.07, 6.45) is 1.56. The van der Waals surface area contributed by atoms with Crippen LogP contribution in [0.3, 0.4) is 0 Å². The number of hydrogen-bond donors (Lipinski definition) is 2. The molecule has 4 rings (SSSR count). The lowest BCUT2D eigenvalue weighted by atomic mass is 10.3. The predicted octanol–water partition coefficient (Wildman–Crippen LogP) is 1.41. The van der Waals surface area contributed by atoms with Gasteiger partial charge in [-0.25, -0.2) is 4.98 Å². The number of carbonyl (C=O) groups is 1. The van der Waals surface area contributed by atoms with Gasteiger partial charge in [-0.3, -0.25) is 9.89 Å². The van der Waals surface area contributed by atoms with E-state index in [-0.39, 0.29) is 18.2 Å². The first kappa shape index (κ1) is 18.9. The van der Waals surface area contributed by atoms with E-state index in [0.29, 0.717) is 42.9 Å². The smallest absolute Gasteiger partial charge is 0.271 e. The van der Waals surface area contributed by atoms with Crippen molar-refractivity contribution in [3.05, 3.63) is 42.0 Å². The Morgan fingerprint density at radius 2 is 2.17 bits per heavy atom. The van der Waals surface area contributed by atoms with E-state index >= 15 is 0 Å². The Bertz CT molecular complexity index is 950. The highest BCUT2D eigenvalue weighted by Crippen LogP contribution is 2.19. The number of ether oxygens (including phenoxy) is 2. The fourth-order valence-electron chi connectivity index (χ4n) is 2.96. The number of aryl methyl sites for hydroxylation is 1. The molecule has 0 spiro atoms. The van der Waals surface area contributed by atoms with E-state index in [9.17, 15) is 4.79 Å². The van der Waals surface area contributed by atoms with Gasteiger partial charge in [0, 0.05) is 25.2 Å². The average molecular weight is 398 g/mol. The third-order valence-corrected chi connectivity index (χ3v) is 4.37. The highest BCUT2D eigenvalue weighted by Gasteiger charge is 2.15. The van der Waals surface area contributed by atoms with Crippen molar-refractivity contribution >= 4 is 11.7 Å². The maximum absolute atomic E-state index is 12.2. The number of nitrogens with zero attached hydrogens (tertiary/aromatic N) is 4. The summed E-state index contributed by atoms with van der Waals surface area (Å²) in [4.78, 5) is 23.1. The zero-order chi connectivity index (χ0) is 20.1. The number of anilines is 1. The van der Waals surface area contributed by atoms with Gasteiger partial charge < -0.3 is 24.1 Å². The van der Waals surface area contributed by atoms with Gasteiger partial charge in [0.25, 0.3) is 5.91 Å². The number of rotatable bonds is 7. The molecule has 3 aromatic rings. The van der Waals surface area contributed by atoms with Gasteiger partial charge in [0.2, 0.25) is 5.88 Å². The molecule has 0 atom stereocenters. The van der Waals surface area contributed by atoms with Gasteiger partial charge in [0.1, 0.15) is 23.9 Å². The predicted molar refractivity (Wildman–Crippen MR) is 104 cm³/mol. The van der Waals surface area contributed by atoms with Crippen molar-refractivity contribution < 1.29 is 18.7 Å². The molecule has 0 aliphatic carbocycles. The summed E-state index contributed by atoms with van der Waals surface area (Å²) in [5, 5.41) is 9.57. The van der Waals surface area contributed by atoms with Gasteiger partial charge in [-0.1, -0.05) is 0 Å².